The van der Waals surface area contributed by atoms with Crippen molar-refractivity contribution in [3.63, 3.8) is 0 Å². The Bertz CT molecular complexity index is 217. The minimum absolute atomic E-state index is 0.0499. The third kappa shape index (κ3) is 2.42. The Morgan fingerprint density at radius 3 is 2.31 bits per heavy atom. The second-order valence-corrected chi connectivity index (χ2v) is 5.14. The average molecular weight is 187 g/mol. The van der Waals surface area contributed by atoms with E-state index in [1.165, 1.54) is 0 Å². The summed E-state index contributed by atoms with van der Waals surface area (Å²) in [5, 5.41) is 0. The Balaban J connectivity index is 2.62. The standard InChI is InChI=1S/C10H18FNO/c1-9(2,3)8(13)12-6-5-10(4,11)7-12/h5-7H2,1-4H3. The van der Waals surface area contributed by atoms with Crippen LogP contribution in [0.2, 0.25) is 0 Å². The zero-order valence-electron chi connectivity index (χ0n) is 8.85. The molecule has 1 amide bonds. The summed E-state index contributed by atoms with van der Waals surface area (Å²) in [7, 11) is 0. The quantitative estimate of drug-likeness (QED) is 0.568. The van der Waals surface area contributed by atoms with Crippen molar-refractivity contribution < 1.29 is 9.18 Å². The second kappa shape index (κ2) is 2.96. The molecule has 1 atom stereocenters. The van der Waals surface area contributed by atoms with E-state index < -0.39 is 5.67 Å². The number of carbonyl (C=O) groups is 1. The first kappa shape index (κ1) is 10.5. The minimum Gasteiger partial charge on any atom is -0.339 e. The maximum Gasteiger partial charge on any atom is 0.228 e. The summed E-state index contributed by atoms with van der Waals surface area (Å²) in [6.45, 7) is 7.96. The predicted molar refractivity (Wildman–Crippen MR) is 50.2 cm³/mol. The van der Waals surface area contributed by atoms with Gasteiger partial charge < -0.3 is 4.90 Å². The van der Waals surface area contributed by atoms with Gasteiger partial charge in [0, 0.05) is 18.4 Å². The summed E-state index contributed by atoms with van der Waals surface area (Å²) in [6.07, 6.45) is 0.467. The summed E-state index contributed by atoms with van der Waals surface area (Å²) in [5.74, 6) is 0.0499. The van der Waals surface area contributed by atoms with Gasteiger partial charge in [0.25, 0.3) is 0 Å². The van der Waals surface area contributed by atoms with Crippen molar-refractivity contribution in [1.82, 2.24) is 4.90 Å². The SMILES string of the molecule is CC1(F)CCN(C(=O)C(C)(C)C)C1. The Morgan fingerprint density at radius 1 is 1.46 bits per heavy atom. The Labute approximate surface area is 79.1 Å². The lowest BCUT2D eigenvalue weighted by Crippen LogP contribution is -2.39. The van der Waals surface area contributed by atoms with Crippen LogP contribution in [0.1, 0.15) is 34.1 Å². The molecule has 1 rings (SSSR count). The molecule has 0 radical (unpaired) electrons. The number of amides is 1. The van der Waals surface area contributed by atoms with E-state index in [1.54, 1.807) is 11.8 Å². The highest BCUT2D eigenvalue weighted by molar-refractivity contribution is 5.81. The van der Waals surface area contributed by atoms with Gasteiger partial charge in [-0.15, -0.1) is 0 Å². The van der Waals surface area contributed by atoms with Crippen molar-refractivity contribution in [3.8, 4) is 0 Å². The van der Waals surface area contributed by atoms with Crippen LogP contribution in [0, 0.1) is 5.41 Å². The van der Waals surface area contributed by atoms with Crippen LogP contribution in [0.5, 0.6) is 0 Å². The van der Waals surface area contributed by atoms with Crippen molar-refractivity contribution in [3.05, 3.63) is 0 Å². The van der Waals surface area contributed by atoms with Crippen molar-refractivity contribution in [2.24, 2.45) is 5.41 Å². The van der Waals surface area contributed by atoms with Crippen LogP contribution in [0.15, 0.2) is 0 Å². The lowest BCUT2D eigenvalue weighted by Gasteiger charge is -2.25. The van der Waals surface area contributed by atoms with Crippen LogP contribution in [-0.2, 0) is 4.79 Å². The highest BCUT2D eigenvalue weighted by Gasteiger charge is 2.39. The van der Waals surface area contributed by atoms with E-state index in [0.29, 0.717) is 13.0 Å². The molecule has 0 N–H and O–H groups in total. The number of alkyl halides is 1. The molecule has 76 valence electrons. The normalized spacial score (nSPS) is 29.5. The van der Waals surface area contributed by atoms with E-state index in [4.69, 9.17) is 0 Å². The van der Waals surface area contributed by atoms with E-state index in [0.717, 1.165) is 0 Å². The summed E-state index contributed by atoms with van der Waals surface area (Å²) < 4.78 is 13.4. The van der Waals surface area contributed by atoms with Gasteiger partial charge in [0.15, 0.2) is 0 Å². The highest BCUT2D eigenvalue weighted by atomic mass is 19.1. The molecule has 0 aromatic rings. The van der Waals surface area contributed by atoms with Crippen molar-refractivity contribution >= 4 is 5.91 Å². The molecule has 0 saturated carbocycles. The Hall–Kier alpha value is -0.600. The molecular formula is C10H18FNO. The molecule has 1 heterocycles. The first-order valence-corrected chi connectivity index (χ1v) is 4.71. The van der Waals surface area contributed by atoms with Crippen molar-refractivity contribution in [1.29, 1.82) is 0 Å². The van der Waals surface area contributed by atoms with Crippen LogP contribution in [0.3, 0.4) is 0 Å². The third-order valence-electron chi connectivity index (χ3n) is 2.35. The van der Waals surface area contributed by atoms with Gasteiger partial charge >= 0.3 is 0 Å². The molecule has 13 heavy (non-hydrogen) atoms. The number of halogens is 1. The van der Waals surface area contributed by atoms with Gasteiger partial charge in [0.05, 0.1) is 6.54 Å². The van der Waals surface area contributed by atoms with E-state index >= 15 is 0 Å². The summed E-state index contributed by atoms with van der Waals surface area (Å²) in [6, 6.07) is 0. The highest BCUT2D eigenvalue weighted by Crippen LogP contribution is 2.28. The molecule has 0 spiro atoms. The number of nitrogens with zero attached hydrogens (tertiary/aromatic N) is 1. The monoisotopic (exact) mass is 187 g/mol. The minimum atomic E-state index is -1.18. The average Bonchev–Trinajstić information content (AvgIpc) is 2.26. The Morgan fingerprint density at radius 2 is 2.00 bits per heavy atom. The third-order valence-corrected chi connectivity index (χ3v) is 2.35. The first-order valence-electron chi connectivity index (χ1n) is 4.71. The van der Waals surface area contributed by atoms with Crippen molar-refractivity contribution in [2.75, 3.05) is 13.1 Å². The van der Waals surface area contributed by atoms with Gasteiger partial charge in [-0.2, -0.15) is 0 Å². The predicted octanol–water partition coefficient (Wildman–Crippen LogP) is 1.99. The fourth-order valence-electron chi connectivity index (χ4n) is 1.57. The van der Waals surface area contributed by atoms with E-state index in [2.05, 4.69) is 0 Å². The van der Waals surface area contributed by atoms with Gasteiger partial charge in [0.1, 0.15) is 5.67 Å². The van der Waals surface area contributed by atoms with Gasteiger partial charge in [0.2, 0.25) is 5.91 Å². The number of likely N-dealkylation sites (tertiary alicyclic amines) is 1. The maximum absolute atomic E-state index is 13.4. The van der Waals surface area contributed by atoms with Crippen LogP contribution < -0.4 is 0 Å². The largest absolute Gasteiger partial charge is 0.339 e. The van der Waals surface area contributed by atoms with Crippen LogP contribution in [0.25, 0.3) is 0 Å². The van der Waals surface area contributed by atoms with E-state index in [-0.39, 0.29) is 17.9 Å². The van der Waals surface area contributed by atoms with E-state index in [9.17, 15) is 9.18 Å². The van der Waals surface area contributed by atoms with Crippen LogP contribution in [-0.4, -0.2) is 29.6 Å². The molecule has 0 aliphatic carbocycles. The van der Waals surface area contributed by atoms with Gasteiger partial charge in [-0.25, -0.2) is 4.39 Å². The molecule has 1 fully saturated rings. The number of carbonyl (C=O) groups excluding carboxylic acids is 1. The fourth-order valence-corrected chi connectivity index (χ4v) is 1.57. The van der Waals surface area contributed by atoms with Crippen LogP contribution in [0.4, 0.5) is 4.39 Å². The molecular weight excluding hydrogens is 169 g/mol. The lowest BCUT2D eigenvalue weighted by atomic mass is 9.95. The molecule has 1 aliphatic rings. The van der Waals surface area contributed by atoms with Gasteiger partial charge in [-0.3, -0.25) is 4.79 Å². The molecule has 2 nitrogen and oxygen atoms in total. The number of hydrogen-bond acceptors (Lipinski definition) is 1. The topological polar surface area (TPSA) is 20.3 Å². The summed E-state index contributed by atoms with van der Waals surface area (Å²) in [4.78, 5) is 13.3. The summed E-state index contributed by atoms with van der Waals surface area (Å²) in [5.41, 5.74) is -1.57. The number of rotatable bonds is 0. The van der Waals surface area contributed by atoms with Gasteiger partial charge in [-0.1, -0.05) is 20.8 Å². The molecule has 0 aromatic heterocycles. The molecule has 1 unspecified atom stereocenters. The van der Waals surface area contributed by atoms with E-state index in [1.807, 2.05) is 20.8 Å². The zero-order chi connectivity index (χ0) is 10.3. The van der Waals surface area contributed by atoms with Gasteiger partial charge in [-0.05, 0) is 6.92 Å². The molecule has 1 saturated heterocycles. The molecule has 0 aromatic carbocycles. The molecule has 3 heteroatoms. The Kier molecular flexibility index (Phi) is 2.39. The zero-order valence-corrected chi connectivity index (χ0v) is 8.85. The number of hydrogen-bond donors (Lipinski definition) is 0. The fraction of sp³-hybridized carbons (Fsp3) is 0.900. The smallest absolute Gasteiger partial charge is 0.228 e. The molecule has 0 bridgehead atoms. The van der Waals surface area contributed by atoms with Crippen molar-refractivity contribution in [2.45, 2.75) is 39.8 Å². The maximum atomic E-state index is 13.4. The first-order chi connectivity index (χ1) is 5.72. The summed E-state index contributed by atoms with van der Waals surface area (Å²) >= 11 is 0. The lowest BCUT2D eigenvalue weighted by molar-refractivity contribution is -0.138. The second-order valence-electron chi connectivity index (χ2n) is 5.14. The molecule has 1 aliphatic heterocycles. The van der Waals surface area contributed by atoms with Crippen LogP contribution >= 0.6 is 0 Å².